The van der Waals surface area contributed by atoms with E-state index < -0.39 is 0 Å². The molecule has 0 heterocycles. The van der Waals surface area contributed by atoms with Crippen LogP contribution >= 0.6 is 31.9 Å². The maximum atomic E-state index is 13.2. The molecule has 0 saturated carbocycles. The van der Waals surface area contributed by atoms with E-state index >= 15 is 0 Å². The SMILES string of the molecule is Cc1ccc(F)cc1Oc1ccc(Br)cc1CBr. The van der Waals surface area contributed by atoms with Gasteiger partial charge in [-0.25, -0.2) is 4.39 Å². The van der Waals surface area contributed by atoms with Crippen LogP contribution in [-0.2, 0) is 5.33 Å². The summed E-state index contributed by atoms with van der Waals surface area (Å²) in [5, 5.41) is 0.677. The highest BCUT2D eigenvalue weighted by Crippen LogP contribution is 2.31. The maximum Gasteiger partial charge on any atom is 0.133 e. The highest BCUT2D eigenvalue weighted by Gasteiger charge is 2.07. The second-order valence-corrected chi connectivity index (χ2v) is 5.37. The fraction of sp³-hybridized carbons (Fsp3) is 0.143. The number of alkyl halides is 1. The van der Waals surface area contributed by atoms with Gasteiger partial charge < -0.3 is 4.74 Å². The van der Waals surface area contributed by atoms with Gasteiger partial charge in [0.15, 0.2) is 0 Å². The molecule has 0 aromatic heterocycles. The van der Waals surface area contributed by atoms with E-state index in [-0.39, 0.29) is 5.82 Å². The van der Waals surface area contributed by atoms with Crippen molar-refractivity contribution in [3.05, 3.63) is 57.8 Å². The first-order valence-corrected chi connectivity index (χ1v) is 7.30. The van der Waals surface area contributed by atoms with Crippen LogP contribution in [0.2, 0.25) is 0 Å². The Hall–Kier alpha value is -0.870. The van der Waals surface area contributed by atoms with E-state index in [1.54, 1.807) is 6.07 Å². The Bertz CT molecular complexity index is 570. The molecular weight excluding hydrogens is 363 g/mol. The number of hydrogen-bond donors (Lipinski definition) is 0. The first-order valence-electron chi connectivity index (χ1n) is 5.38. The molecule has 0 spiro atoms. The van der Waals surface area contributed by atoms with Crippen molar-refractivity contribution in [3.8, 4) is 11.5 Å². The summed E-state index contributed by atoms with van der Waals surface area (Å²) in [6, 6.07) is 10.3. The van der Waals surface area contributed by atoms with Crippen LogP contribution in [0, 0.1) is 12.7 Å². The third-order valence-corrected chi connectivity index (χ3v) is 3.63. The minimum absolute atomic E-state index is 0.298. The minimum Gasteiger partial charge on any atom is -0.457 e. The molecular formula is C14H11Br2FO. The molecule has 0 unspecified atom stereocenters. The molecule has 0 aliphatic carbocycles. The van der Waals surface area contributed by atoms with Crippen LogP contribution in [-0.4, -0.2) is 0 Å². The Kier molecular flexibility index (Phi) is 4.40. The quantitative estimate of drug-likeness (QED) is 0.637. The Morgan fingerprint density at radius 1 is 1.11 bits per heavy atom. The smallest absolute Gasteiger partial charge is 0.133 e. The highest BCUT2D eigenvalue weighted by atomic mass is 79.9. The molecule has 2 rings (SSSR count). The van der Waals surface area contributed by atoms with Gasteiger partial charge in [0.1, 0.15) is 17.3 Å². The van der Waals surface area contributed by atoms with Crippen LogP contribution in [0.3, 0.4) is 0 Å². The molecule has 1 nitrogen and oxygen atoms in total. The van der Waals surface area contributed by atoms with Crippen molar-refractivity contribution in [2.45, 2.75) is 12.3 Å². The maximum absolute atomic E-state index is 13.2. The zero-order valence-electron chi connectivity index (χ0n) is 9.71. The lowest BCUT2D eigenvalue weighted by Crippen LogP contribution is -1.92. The third kappa shape index (κ3) is 3.12. The third-order valence-electron chi connectivity index (χ3n) is 2.54. The Balaban J connectivity index is 2.36. The number of ether oxygens (including phenoxy) is 1. The molecule has 0 atom stereocenters. The molecule has 2 aromatic carbocycles. The van der Waals surface area contributed by atoms with Crippen molar-refractivity contribution in [2.75, 3.05) is 0 Å². The van der Waals surface area contributed by atoms with Gasteiger partial charge in [-0.1, -0.05) is 37.9 Å². The van der Waals surface area contributed by atoms with Crippen LogP contribution in [0.4, 0.5) is 4.39 Å². The summed E-state index contributed by atoms with van der Waals surface area (Å²) in [7, 11) is 0. The van der Waals surface area contributed by atoms with Gasteiger partial charge in [-0.15, -0.1) is 0 Å². The van der Waals surface area contributed by atoms with E-state index in [1.807, 2.05) is 25.1 Å². The van der Waals surface area contributed by atoms with Gasteiger partial charge in [0.2, 0.25) is 0 Å². The van der Waals surface area contributed by atoms with E-state index in [9.17, 15) is 4.39 Å². The summed E-state index contributed by atoms with van der Waals surface area (Å²) in [6.07, 6.45) is 0. The zero-order chi connectivity index (χ0) is 13.1. The van der Waals surface area contributed by atoms with Crippen molar-refractivity contribution in [2.24, 2.45) is 0 Å². The van der Waals surface area contributed by atoms with Crippen molar-refractivity contribution in [1.82, 2.24) is 0 Å². The molecule has 4 heteroatoms. The molecule has 0 saturated heterocycles. The molecule has 2 aromatic rings. The zero-order valence-corrected chi connectivity index (χ0v) is 12.9. The van der Waals surface area contributed by atoms with E-state index in [2.05, 4.69) is 31.9 Å². The number of halogens is 3. The predicted molar refractivity (Wildman–Crippen MR) is 78.0 cm³/mol. The first-order chi connectivity index (χ1) is 8.60. The summed E-state index contributed by atoms with van der Waals surface area (Å²) < 4.78 is 20.0. The molecule has 0 radical (unpaired) electrons. The van der Waals surface area contributed by atoms with Crippen LogP contribution in [0.1, 0.15) is 11.1 Å². The van der Waals surface area contributed by atoms with Crippen LogP contribution in [0.25, 0.3) is 0 Å². The van der Waals surface area contributed by atoms with E-state index in [4.69, 9.17) is 4.74 Å². The number of rotatable bonds is 3. The Morgan fingerprint density at radius 3 is 2.61 bits per heavy atom. The fourth-order valence-electron chi connectivity index (χ4n) is 1.55. The van der Waals surface area contributed by atoms with E-state index in [0.717, 1.165) is 21.3 Å². The topological polar surface area (TPSA) is 9.23 Å². The van der Waals surface area contributed by atoms with Gasteiger partial charge in [-0.05, 0) is 36.8 Å². The molecule has 0 amide bonds. The first kappa shape index (κ1) is 13.6. The van der Waals surface area contributed by atoms with E-state index in [0.29, 0.717) is 11.1 Å². The molecule has 94 valence electrons. The summed E-state index contributed by atoms with van der Waals surface area (Å²) in [5.74, 6) is 0.969. The second-order valence-electron chi connectivity index (χ2n) is 3.90. The molecule has 0 aliphatic rings. The van der Waals surface area contributed by atoms with Crippen LogP contribution < -0.4 is 4.74 Å². The monoisotopic (exact) mass is 372 g/mol. The van der Waals surface area contributed by atoms with Crippen molar-refractivity contribution < 1.29 is 9.13 Å². The van der Waals surface area contributed by atoms with Gasteiger partial charge in [0.25, 0.3) is 0 Å². The lowest BCUT2D eigenvalue weighted by molar-refractivity contribution is 0.469. The van der Waals surface area contributed by atoms with E-state index in [1.165, 1.54) is 12.1 Å². The number of aryl methyl sites for hydroxylation is 1. The summed E-state index contributed by atoms with van der Waals surface area (Å²) in [6.45, 7) is 1.89. The van der Waals surface area contributed by atoms with Gasteiger partial charge >= 0.3 is 0 Å². The average Bonchev–Trinajstić information content (AvgIpc) is 2.36. The van der Waals surface area contributed by atoms with Gasteiger partial charge in [0, 0.05) is 21.4 Å². The molecule has 0 fully saturated rings. The summed E-state index contributed by atoms with van der Waals surface area (Å²) in [4.78, 5) is 0. The average molecular weight is 374 g/mol. The lowest BCUT2D eigenvalue weighted by Gasteiger charge is -2.12. The molecule has 0 bridgehead atoms. The highest BCUT2D eigenvalue weighted by molar-refractivity contribution is 9.10. The number of hydrogen-bond acceptors (Lipinski definition) is 1. The van der Waals surface area contributed by atoms with Gasteiger partial charge in [-0.2, -0.15) is 0 Å². The fourth-order valence-corrected chi connectivity index (χ4v) is 2.40. The van der Waals surface area contributed by atoms with Crippen LogP contribution in [0.5, 0.6) is 11.5 Å². The summed E-state index contributed by atoms with van der Waals surface area (Å²) in [5.41, 5.74) is 1.91. The second kappa shape index (κ2) is 5.85. The van der Waals surface area contributed by atoms with Gasteiger partial charge in [-0.3, -0.25) is 0 Å². The largest absolute Gasteiger partial charge is 0.457 e. The molecule has 0 aliphatic heterocycles. The standard InChI is InChI=1S/C14H11Br2FO/c1-9-2-4-12(17)7-14(9)18-13-5-3-11(16)6-10(13)8-15/h2-7H,8H2,1H3. The Morgan fingerprint density at radius 2 is 1.89 bits per heavy atom. The Labute approximate surface area is 122 Å². The van der Waals surface area contributed by atoms with Crippen molar-refractivity contribution in [1.29, 1.82) is 0 Å². The van der Waals surface area contributed by atoms with Crippen molar-refractivity contribution in [3.63, 3.8) is 0 Å². The summed E-state index contributed by atoms with van der Waals surface area (Å²) >= 11 is 6.83. The predicted octanol–water partition coefficient (Wildman–Crippen LogP) is 5.58. The molecule has 0 N–H and O–H groups in total. The lowest BCUT2D eigenvalue weighted by atomic mass is 10.2. The van der Waals surface area contributed by atoms with Crippen LogP contribution in [0.15, 0.2) is 40.9 Å². The van der Waals surface area contributed by atoms with Gasteiger partial charge in [0.05, 0.1) is 0 Å². The normalized spacial score (nSPS) is 10.4. The number of benzene rings is 2. The van der Waals surface area contributed by atoms with Crippen molar-refractivity contribution >= 4 is 31.9 Å². The minimum atomic E-state index is -0.298. The molecule has 18 heavy (non-hydrogen) atoms.